The number of morpholine rings is 1. The molecule has 0 aromatic heterocycles. The first-order chi connectivity index (χ1) is 14.9. The maximum Gasteiger partial charge on any atom is 0.289 e. The summed E-state index contributed by atoms with van der Waals surface area (Å²) in [5.41, 5.74) is 5.92. The molecule has 2 atom stereocenters. The first kappa shape index (κ1) is 21.3. The third-order valence-electron chi connectivity index (χ3n) is 6.52. The van der Waals surface area contributed by atoms with Crippen LogP contribution < -0.4 is 5.73 Å². The molecule has 4 rings (SSSR count). The summed E-state index contributed by atoms with van der Waals surface area (Å²) in [4.78, 5) is 40.9. The molecule has 7 nitrogen and oxygen atoms in total. The third kappa shape index (κ3) is 4.73. The molecular formula is C23H28FN3O4. The number of rotatable bonds is 4. The Balaban J connectivity index is 1.51. The Morgan fingerprint density at radius 3 is 2.61 bits per heavy atom. The lowest BCUT2D eigenvalue weighted by Gasteiger charge is -2.44. The van der Waals surface area contributed by atoms with Gasteiger partial charge in [-0.15, -0.1) is 0 Å². The van der Waals surface area contributed by atoms with E-state index >= 15 is 0 Å². The van der Waals surface area contributed by atoms with Gasteiger partial charge in [0.2, 0.25) is 11.8 Å². The quantitative estimate of drug-likeness (QED) is 0.742. The molecular weight excluding hydrogens is 401 g/mol. The number of halogens is 1. The van der Waals surface area contributed by atoms with Crippen molar-refractivity contribution in [2.45, 2.75) is 50.7 Å². The average molecular weight is 429 g/mol. The van der Waals surface area contributed by atoms with Crippen molar-refractivity contribution in [1.29, 1.82) is 0 Å². The van der Waals surface area contributed by atoms with Crippen LogP contribution in [0.3, 0.4) is 0 Å². The standard InChI is InChI=1S/C23H28FN3O4/c24-17-5-3-4-15(12-17)13-20-23(30)27(18-6-1-2-7-19(18)31-20)14-21(28)26-10-8-16(9-11-26)22(25)29/h3-5,12-13,16,18-19H,1-2,6-11,14H2,(H2,25,29)/b20-13+. The van der Waals surface area contributed by atoms with Crippen LogP contribution in [0.15, 0.2) is 30.0 Å². The molecule has 2 heterocycles. The second-order valence-electron chi connectivity index (χ2n) is 8.56. The van der Waals surface area contributed by atoms with Crippen molar-refractivity contribution in [3.63, 3.8) is 0 Å². The molecule has 166 valence electrons. The number of hydrogen-bond donors (Lipinski definition) is 1. The summed E-state index contributed by atoms with van der Waals surface area (Å²) in [6, 6.07) is 5.83. The number of amides is 3. The fourth-order valence-electron chi connectivity index (χ4n) is 4.77. The van der Waals surface area contributed by atoms with Gasteiger partial charge in [0.05, 0.1) is 6.04 Å². The number of primary amides is 1. The van der Waals surface area contributed by atoms with Crippen LogP contribution in [0.5, 0.6) is 0 Å². The van der Waals surface area contributed by atoms with E-state index in [2.05, 4.69) is 0 Å². The maximum absolute atomic E-state index is 13.6. The van der Waals surface area contributed by atoms with Gasteiger partial charge in [-0.1, -0.05) is 18.6 Å². The molecule has 1 aliphatic carbocycles. The first-order valence-corrected chi connectivity index (χ1v) is 10.9. The molecule has 3 amide bonds. The van der Waals surface area contributed by atoms with Crippen molar-refractivity contribution in [2.75, 3.05) is 19.6 Å². The van der Waals surface area contributed by atoms with E-state index in [9.17, 15) is 18.8 Å². The van der Waals surface area contributed by atoms with Crippen molar-refractivity contribution >= 4 is 23.8 Å². The summed E-state index contributed by atoms with van der Waals surface area (Å²) < 4.78 is 19.6. The lowest BCUT2D eigenvalue weighted by molar-refractivity contribution is -0.154. The van der Waals surface area contributed by atoms with Gasteiger partial charge in [-0.05, 0) is 55.9 Å². The van der Waals surface area contributed by atoms with E-state index in [1.165, 1.54) is 12.1 Å². The number of carbonyl (C=O) groups excluding carboxylic acids is 3. The van der Waals surface area contributed by atoms with Gasteiger partial charge in [-0.3, -0.25) is 14.4 Å². The molecule has 2 saturated heterocycles. The van der Waals surface area contributed by atoms with E-state index in [4.69, 9.17) is 10.5 Å². The minimum absolute atomic E-state index is 0.0227. The normalized spacial score (nSPS) is 25.8. The number of nitrogens with two attached hydrogens (primary N) is 1. The number of piperidine rings is 1. The van der Waals surface area contributed by atoms with Gasteiger partial charge < -0.3 is 20.3 Å². The van der Waals surface area contributed by atoms with Gasteiger partial charge in [0.15, 0.2) is 5.76 Å². The molecule has 3 fully saturated rings. The van der Waals surface area contributed by atoms with Gasteiger partial charge in [0.25, 0.3) is 5.91 Å². The lowest BCUT2D eigenvalue weighted by Crippen LogP contribution is -2.57. The number of nitrogens with zero attached hydrogens (tertiary/aromatic N) is 2. The van der Waals surface area contributed by atoms with Crippen LogP contribution >= 0.6 is 0 Å². The summed E-state index contributed by atoms with van der Waals surface area (Å²) in [6.45, 7) is 0.904. The number of ether oxygens (including phenoxy) is 1. The van der Waals surface area contributed by atoms with Crippen LogP contribution in [-0.2, 0) is 19.1 Å². The zero-order chi connectivity index (χ0) is 22.0. The molecule has 1 saturated carbocycles. The Bertz CT molecular complexity index is 895. The predicted octanol–water partition coefficient (Wildman–Crippen LogP) is 2.06. The second kappa shape index (κ2) is 9.08. The zero-order valence-electron chi connectivity index (χ0n) is 17.5. The number of benzene rings is 1. The Morgan fingerprint density at radius 1 is 1.16 bits per heavy atom. The average Bonchev–Trinajstić information content (AvgIpc) is 2.76. The van der Waals surface area contributed by atoms with Crippen LogP contribution in [0, 0.1) is 11.7 Å². The smallest absolute Gasteiger partial charge is 0.289 e. The van der Waals surface area contributed by atoms with E-state index < -0.39 is 0 Å². The molecule has 0 radical (unpaired) electrons. The molecule has 2 N–H and O–H groups in total. The summed E-state index contributed by atoms with van der Waals surface area (Å²) >= 11 is 0. The third-order valence-corrected chi connectivity index (χ3v) is 6.52. The maximum atomic E-state index is 13.6. The molecule has 2 unspecified atom stereocenters. The Morgan fingerprint density at radius 2 is 1.90 bits per heavy atom. The topological polar surface area (TPSA) is 92.9 Å². The van der Waals surface area contributed by atoms with Crippen LogP contribution in [0.1, 0.15) is 44.1 Å². The van der Waals surface area contributed by atoms with Gasteiger partial charge in [0, 0.05) is 19.0 Å². The van der Waals surface area contributed by atoms with Crippen molar-refractivity contribution < 1.29 is 23.5 Å². The van der Waals surface area contributed by atoms with Gasteiger partial charge in [-0.25, -0.2) is 4.39 Å². The van der Waals surface area contributed by atoms with E-state index in [1.54, 1.807) is 28.0 Å². The van der Waals surface area contributed by atoms with Crippen LogP contribution in [0.2, 0.25) is 0 Å². The summed E-state index contributed by atoms with van der Waals surface area (Å²) in [6.07, 6.45) is 6.07. The van der Waals surface area contributed by atoms with Gasteiger partial charge in [-0.2, -0.15) is 0 Å². The molecule has 1 aromatic carbocycles. The number of likely N-dealkylation sites (tertiary alicyclic amines) is 1. The number of carbonyl (C=O) groups is 3. The van der Waals surface area contributed by atoms with Crippen LogP contribution in [-0.4, -0.2) is 59.3 Å². The van der Waals surface area contributed by atoms with Crippen molar-refractivity contribution in [1.82, 2.24) is 9.80 Å². The van der Waals surface area contributed by atoms with Crippen LogP contribution in [0.25, 0.3) is 6.08 Å². The number of fused-ring (bicyclic) bond motifs is 1. The Labute approximate surface area is 181 Å². The largest absolute Gasteiger partial charge is 0.482 e. The van der Waals surface area contributed by atoms with Crippen molar-refractivity contribution in [3.8, 4) is 0 Å². The summed E-state index contributed by atoms with van der Waals surface area (Å²) in [5.74, 6) is -1.24. The van der Waals surface area contributed by atoms with E-state index in [1.807, 2.05) is 0 Å². The SMILES string of the molecule is NC(=O)C1CCN(C(=O)CN2C(=O)/C(=C\c3cccc(F)c3)OC3CCCCC32)CC1. The zero-order valence-corrected chi connectivity index (χ0v) is 17.5. The molecule has 2 aliphatic heterocycles. The highest BCUT2D eigenvalue weighted by Gasteiger charge is 2.42. The van der Waals surface area contributed by atoms with Crippen molar-refractivity contribution in [2.24, 2.45) is 11.7 Å². The molecule has 0 spiro atoms. The van der Waals surface area contributed by atoms with Gasteiger partial charge in [0.1, 0.15) is 18.5 Å². The fraction of sp³-hybridized carbons (Fsp3) is 0.522. The minimum Gasteiger partial charge on any atom is -0.482 e. The highest BCUT2D eigenvalue weighted by atomic mass is 19.1. The van der Waals surface area contributed by atoms with E-state index in [0.717, 1.165) is 25.7 Å². The Hall–Kier alpha value is -2.90. The van der Waals surface area contributed by atoms with E-state index in [0.29, 0.717) is 31.5 Å². The monoisotopic (exact) mass is 429 g/mol. The van der Waals surface area contributed by atoms with Crippen molar-refractivity contribution in [3.05, 3.63) is 41.4 Å². The molecule has 3 aliphatic rings. The predicted molar refractivity (Wildman–Crippen MR) is 112 cm³/mol. The molecule has 8 heteroatoms. The second-order valence-corrected chi connectivity index (χ2v) is 8.56. The molecule has 0 bridgehead atoms. The van der Waals surface area contributed by atoms with Crippen LogP contribution in [0.4, 0.5) is 4.39 Å². The fourth-order valence-corrected chi connectivity index (χ4v) is 4.77. The summed E-state index contributed by atoms with van der Waals surface area (Å²) in [7, 11) is 0. The number of hydrogen-bond acceptors (Lipinski definition) is 4. The highest BCUT2D eigenvalue weighted by molar-refractivity contribution is 5.98. The molecule has 1 aromatic rings. The van der Waals surface area contributed by atoms with E-state index in [-0.39, 0.29) is 53.9 Å². The first-order valence-electron chi connectivity index (χ1n) is 10.9. The highest BCUT2D eigenvalue weighted by Crippen LogP contribution is 2.33. The summed E-state index contributed by atoms with van der Waals surface area (Å²) in [5, 5.41) is 0. The minimum atomic E-state index is -0.389. The van der Waals surface area contributed by atoms with Gasteiger partial charge >= 0.3 is 0 Å². The Kier molecular flexibility index (Phi) is 6.25. The molecule has 31 heavy (non-hydrogen) atoms. The lowest BCUT2D eigenvalue weighted by atomic mass is 9.89.